The van der Waals surface area contributed by atoms with Crippen LogP contribution in [0.4, 0.5) is 0 Å². The van der Waals surface area contributed by atoms with E-state index in [1.54, 1.807) is 0 Å². The highest BCUT2D eigenvalue weighted by molar-refractivity contribution is 4.77. The fourth-order valence-corrected chi connectivity index (χ4v) is 2.16. The van der Waals surface area contributed by atoms with Gasteiger partial charge in [-0.05, 0) is 50.9 Å². The van der Waals surface area contributed by atoms with Gasteiger partial charge in [-0.1, -0.05) is 6.92 Å². The molecule has 1 atom stereocenters. The number of hydrogen-bond acceptors (Lipinski definition) is 3. The van der Waals surface area contributed by atoms with Gasteiger partial charge in [0.1, 0.15) is 0 Å². The van der Waals surface area contributed by atoms with Crippen molar-refractivity contribution in [1.82, 2.24) is 4.90 Å². The molecule has 1 saturated heterocycles. The monoisotopic (exact) mass is 186 g/mol. The minimum Gasteiger partial charge on any atom is -0.396 e. The van der Waals surface area contributed by atoms with E-state index >= 15 is 0 Å². The molecular formula is C10H22N2O. The summed E-state index contributed by atoms with van der Waals surface area (Å²) in [6, 6.07) is 0. The third-order valence-electron chi connectivity index (χ3n) is 3.28. The molecule has 0 aromatic rings. The van der Waals surface area contributed by atoms with Crippen LogP contribution >= 0.6 is 0 Å². The van der Waals surface area contributed by atoms with Crippen LogP contribution < -0.4 is 5.73 Å². The lowest BCUT2D eigenvalue weighted by molar-refractivity contribution is 0.113. The molecule has 0 amide bonds. The van der Waals surface area contributed by atoms with Crippen LogP contribution in [0.3, 0.4) is 0 Å². The SMILES string of the molecule is CCN1CCC(C(CN)CO)CC1. The normalized spacial score (nSPS) is 23.3. The Hall–Kier alpha value is -0.120. The number of piperidine rings is 1. The molecule has 0 aliphatic carbocycles. The van der Waals surface area contributed by atoms with Crippen molar-refractivity contribution in [3.05, 3.63) is 0 Å². The van der Waals surface area contributed by atoms with Gasteiger partial charge in [0, 0.05) is 6.61 Å². The van der Waals surface area contributed by atoms with E-state index in [0.29, 0.717) is 18.4 Å². The first-order chi connectivity index (χ1) is 6.31. The molecule has 0 aromatic carbocycles. The molecule has 3 nitrogen and oxygen atoms in total. The molecule has 1 aliphatic rings. The summed E-state index contributed by atoms with van der Waals surface area (Å²) in [4.78, 5) is 2.46. The molecule has 1 fully saturated rings. The standard InChI is InChI=1S/C10H22N2O/c1-2-12-5-3-9(4-6-12)10(7-11)8-13/h9-10,13H,2-8,11H2,1H3. The molecule has 0 aromatic heterocycles. The van der Waals surface area contributed by atoms with Crippen molar-refractivity contribution >= 4 is 0 Å². The van der Waals surface area contributed by atoms with E-state index < -0.39 is 0 Å². The van der Waals surface area contributed by atoms with Crippen molar-refractivity contribution in [2.24, 2.45) is 17.6 Å². The fraction of sp³-hybridized carbons (Fsp3) is 1.00. The predicted octanol–water partition coefficient (Wildman–Crippen LogP) is 0.286. The third kappa shape index (κ3) is 2.93. The number of rotatable bonds is 4. The van der Waals surface area contributed by atoms with E-state index in [2.05, 4.69) is 11.8 Å². The Morgan fingerprint density at radius 1 is 1.46 bits per heavy atom. The van der Waals surface area contributed by atoms with Crippen LogP contribution in [0.2, 0.25) is 0 Å². The van der Waals surface area contributed by atoms with Crippen LogP contribution in [0, 0.1) is 11.8 Å². The van der Waals surface area contributed by atoms with Crippen LogP contribution in [0.5, 0.6) is 0 Å². The lowest BCUT2D eigenvalue weighted by Gasteiger charge is -2.34. The highest BCUT2D eigenvalue weighted by Gasteiger charge is 2.24. The Morgan fingerprint density at radius 3 is 2.46 bits per heavy atom. The molecule has 0 saturated carbocycles. The van der Waals surface area contributed by atoms with Gasteiger partial charge in [0.15, 0.2) is 0 Å². The number of likely N-dealkylation sites (tertiary alicyclic amines) is 1. The summed E-state index contributed by atoms with van der Waals surface area (Å²) in [5, 5.41) is 9.11. The van der Waals surface area contributed by atoms with Crippen molar-refractivity contribution in [3.8, 4) is 0 Å². The third-order valence-corrected chi connectivity index (χ3v) is 3.28. The first-order valence-electron chi connectivity index (χ1n) is 5.35. The Bertz CT molecular complexity index is 129. The van der Waals surface area contributed by atoms with Gasteiger partial charge >= 0.3 is 0 Å². The Labute approximate surface area is 80.9 Å². The van der Waals surface area contributed by atoms with Gasteiger partial charge in [0.2, 0.25) is 0 Å². The molecule has 3 heteroatoms. The second kappa shape index (κ2) is 5.58. The predicted molar refractivity (Wildman–Crippen MR) is 54.5 cm³/mol. The average molecular weight is 186 g/mol. The van der Waals surface area contributed by atoms with E-state index in [1.165, 1.54) is 25.9 Å². The van der Waals surface area contributed by atoms with E-state index in [1.807, 2.05) is 0 Å². The summed E-state index contributed by atoms with van der Waals surface area (Å²) in [5.74, 6) is 0.983. The van der Waals surface area contributed by atoms with E-state index in [4.69, 9.17) is 10.8 Å². The van der Waals surface area contributed by atoms with Crippen LogP contribution in [-0.4, -0.2) is 42.8 Å². The zero-order chi connectivity index (χ0) is 9.68. The van der Waals surface area contributed by atoms with E-state index in [-0.39, 0.29) is 6.61 Å². The maximum Gasteiger partial charge on any atom is 0.0474 e. The molecule has 1 unspecified atom stereocenters. The summed E-state index contributed by atoms with van der Waals surface area (Å²) < 4.78 is 0. The summed E-state index contributed by atoms with van der Waals surface area (Å²) in [5.41, 5.74) is 5.61. The minimum atomic E-state index is 0.257. The molecule has 0 radical (unpaired) electrons. The number of nitrogens with zero attached hydrogens (tertiary/aromatic N) is 1. The number of hydrogen-bond donors (Lipinski definition) is 2. The molecule has 0 bridgehead atoms. The summed E-state index contributed by atoms with van der Waals surface area (Å²) in [6.45, 7) is 6.60. The number of aliphatic hydroxyl groups is 1. The second-order valence-electron chi connectivity index (χ2n) is 3.95. The maximum absolute atomic E-state index is 9.11. The number of nitrogens with two attached hydrogens (primary N) is 1. The zero-order valence-electron chi connectivity index (χ0n) is 8.58. The van der Waals surface area contributed by atoms with Crippen molar-refractivity contribution in [1.29, 1.82) is 0 Å². The number of aliphatic hydroxyl groups excluding tert-OH is 1. The highest BCUT2D eigenvalue weighted by Crippen LogP contribution is 2.23. The summed E-state index contributed by atoms with van der Waals surface area (Å²) in [6.07, 6.45) is 2.41. The first-order valence-corrected chi connectivity index (χ1v) is 5.35. The van der Waals surface area contributed by atoms with Crippen molar-refractivity contribution in [2.45, 2.75) is 19.8 Å². The lowest BCUT2D eigenvalue weighted by atomic mass is 9.85. The van der Waals surface area contributed by atoms with E-state index in [9.17, 15) is 0 Å². The van der Waals surface area contributed by atoms with Gasteiger partial charge in [-0.15, -0.1) is 0 Å². The molecule has 1 heterocycles. The Morgan fingerprint density at radius 2 is 2.08 bits per heavy atom. The summed E-state index contributed by atoms with van der Waals surface area (Å²) in [7, 11) is 0. The van der Waals surface area contributed by atoms with Gasteiger partial charge < -0.3 is 15.7 Å². The van der Waals surface area contributed by atoms with Crippen molar-refractivity contribution in [2.75, 3.05) is 32.8 Å². The molecular weight excluding hydrogens is 164 g/mol. The highest BCUT2D eigenvalue weighted by atomic mass is 16.3. The average Bonchev–Trinajstić information content (AvgIpc) is 2.21. The molecule has 1 aliphatic heterocycles. The van der Waals surface area contributed by atoms with Gasteiger partial charge in [0.05, 0.1) is 0 Å². The summed E-state index contributed by atoms with van der Waals surface area (Å²) >= 11 is 0. The maximum atomic E-state index is 9.11. The van der Waals surface area contributed by atoms with Gasteiger partial charge in [-0.25, -0.2) is 0 Å². The molecule has 0 spiro atoms. The van der Waals surface area contributed by atoms with E-state index in [0.717, 1.165) is 6.54 Å². The van der Waals surface area contributed by atoms with Gasteiger partial charge in [0.25, 0.3) is 0 Å². The smallest absolute Gasteiger partial charge is 0.0474 e. The molecule has 13 heavy (non-hydrogen) atoms. The fourth-order valence-electron chi connectivity index (χ4n) is 2.16. The first kappa shape index (κ1) is 11.0. The Balaban J connectivity index is 2.30. The Kier molecular flexibility index (Phi) is 4.70. The topological polar surface area (TPSA) is 49.5 Å². The van der Waals surface area contributed by atoms with Crippen molar-refractivity contribution < 1.29 is 5.11 Å². The van der Waals surface area contributed by atoms with Crippen LogP contribution in [-0.2, 0) is 0 Å². The van der Waals surface area contributed by atoms with Gasteiger partial charge in [-0.3, -0.25) is 0 Å². The second-order valence-corrected chi connectivity index (χ2v) is 3.95. The van der Waals surface area contributed by atoms with Crippen molar-refractivity contribution in [3.63, 3.8) is 0 Å². The lowest BCUT2D eigenvalue weighted by Crippen LogP contribution is -2.38. The quantitative estimate of drug-likeness (QED) is 0.663. The van der Waals surface area contributed by atoms with Crippen LogP contribution in [0.15, 0.2) is 0 Å². The largest absolute Gasteiger partial charge is 0.396 e. The van der Waals surface area contributed by atoms with Crippen LogP contribution in [0.1, 0.15) is 19.8 Å². The molecule has 3 N–H and O–H groups in total. The minimum absolute atomic E-state index is 0.257. The molecule has 1 rings (SSSR count). The van der Waals surface area contributed by atoms with Crippen LogP contribution in [0.25, 0.3) is 0 Å². The molecule has 78 valence electrons. The zero-order valence-corrected chi connectivity index (χ0v) is 8.58. The van der Waals surface area contributed by atoms with Gasteiger partial charge in [-0.2, -0.15) is 0 Å².